The molecule has 0 radical (unpaired) electrons. The van der Waals surface area contributed by atoms with Gasteiger partial charge in [0.15, 0.2) is 12.8 Å². The minimum absolute atomic E-state index is 0.677. The fourth-order valence-electron chi connectivity index (χ4n) is 0.307. The summed E-state index contributed by atoms with van der Waals surface area (Å²) < 4.78 is 38.7. The standard InChI is InChI=1S/C4H5NO.ClHO4/c1-3-6-4-2-5-1;2-1(3,4)5/h1-3H,4H2;(H,2,3,4,5). The van der Waals surface area contributed by atoms with E-state index in [0.29, 0.717) is 6.61 Å². The smallest absolute Gasteiger partial charge is 0.201 e. The molecule has 6 nitrogen and oxygen atoms in total. The summed E-state index contributed by atoms with van der Waals surface area (Å²) in [6.07, 6.45) is 5.20. The molecule has 0 atom stereocenters. The molecule has 0 aromatic carbocycles. The first kappa shape index (κ1) is 10.3. The Balaban J connectivity index is 0.000000187. The number of hydrogen-bond donors (Lipinski definition) is 1. The molecular weight excluding hydrogens is 177 g/mol. The van der Waals surface area contributed by atoms with Gasteiger partial charge in [-0.1, -0.05) is 0 Å². The van der Waals surface area contributed by atoms with Gasteiger partial charge in [0.1, 0.15) is 6.26 Å². The van der Waals surface area contributed by atoms with Gasteiger partial charge >= 0.3 is 0 Å². The van der Waals surface area contributed by atoms with Gasteiger partial charge in [0, 0.05) is 0 Å². The van der Waals surface area contributed by atoms with E-state index in [4.69, 9.17) is 23.4 Å². The minimum atomic E-state index is -4.94. The maximum absolute atomic E-state index is 8.49. The van der Waals surface area contributed by atoms with Crippen molar-refractivity contribution < 1.29 is 38.6 Å². The van der Waals surface area contributed by atoms with Crippen molar-refractivity contribution in [2.24, 2.45) is 0 Å². The van der Waals surface area contributed by atoms with Gasteiger partial charge in [0.05, 0.1) is 0 Å². The van der Waals surface area contributed by atoms with E-state index in [1.807, 2.05) is 6.21 Å². The molecule has 0 saturated carbocycles. The summed E-state index contributed by atoms with van der Waals surface area (Å²) in [4.78, 5) is 2.85. The third-order valence-corrected chi connectivity index (χ3v) is 0.558. The lowest BCUT2D eigenvalue weighted by Crippen LogP contribution is -2.68. The van der Waals surface area contributed by atoms with Crippen LogP contribution in [0.15, 0.2) is 12.5 Å². The zero-order chi connectivity index (χ0) is 8.74. The predicted octanol–water partition coefficient (Wildman–Crippen LogP) is -6.12. The fraction of sp³-hybridized carbons (Fsp3) is 0.250. The highest BCUT2D eigenvalue weighted by molar-refractivity contribution is 5.51. The van der Waals surface area contributed by atoms with Crippen LogP contribution >= 0.6 is 0 Å². The van der Waals surface area contributed by atoms with E-state index in [1.165, 1.54) is 0 Å². The van der Waals surface area contributed by atoms with E-state index in [-0.39, 0.29) is 0 Å². The van der Waals surface area contributed by atoms with Crippen LogP contribution in [0.5, 0.6) is 0 Å². The Kier molecular flexibility index (Phi) is 4.75. The minimum Gasteiger partial charge on any atom is -0.485 e. The average Bonchev–Trinajstić information content (AvgIpc) is 1.88. The first-order chi connectivity index (χ1) is 5.00. The van der Waals surface area contributed by atoms with Crippen molar-refractivity contribution in [3.8, 4) is 0 Å². The first-order valence-electron chi connectivity index (χ1n) is 2.46. The molecular formula is C4H6ClNO5. The molecule has 1 heterocycles. The molecule has 1 N–H and O–H groups in total. The zero-order valence-corrected chi connectivity index (χ0v) is 6.11. The molecule has 0 fully saturated rings. The van der Waals surface area contributed by atoms with Crippen molar-refractivity contribution in [2.75, 3.05) is 6.61 Å². The van der Waals surface area contributed by atoms with Gasteiger partial charge in [-0.15, -0.1) is 10.2 Å². The van der Waals surface area contributed by atoms with E-state index in [9.17, 15) is 0 Å². The van der Waals surface area contributed by atoms with Crippen molar-refractivity contribution in [3.05, 3.63) is 12.5 Å². The summed E-state index contributed by atoms with van der Waals surface area (Å²) in [5.41, 5.74) is 0. The second-order valence-electron chi connectivity index (χ2n) is 1.38. The maximum Gasteiger partial charge on any atom is 0.201 e. The van der Waals surface area contributed by atoms with Crippen LogP contribution in [0.4, 0.5) is 0 Å². The van der Waals surface area contributed by atoms with E-state index in [2.05, 4.69) is 4.99 Å². The summed E-state index contributed by atoms with van der Waals surface area (Å²) in [5, 5.41) is 0. The lowest BCUT2D eigenvalue weighted by atomic mass is 10.7. The van der Waals surface area contributed by atoms with E-state index < -0.39 is 10.2 Å². The van der Waals surface area contributed by atoms with Crippen LogP contribution in [0.2, 0.25) is 0 Å². The number of hydrogen-bond acceptors (Lipinski definition) is 5. The lowest BCUT2D eigenvalue weighted by molar-refractivity contribution is -2.00. The number of halogens is 1. The Morgan fingerprint density at radius 3 is 1.91 bits per heavy atom. The van der Waals surface area contributed by atoms with Crippen molar-refractivity contribution >= 4 is 6.21 Å². The van der Waals surface area contributed by atoms with Crippen LogP contribution in [0.3, 0.4) is 0 Å². The highest BCUT2D eigenvalue weighted by Gasteiger charge is 1.84. The summed E-state index contributed by atoms with van der Waals surface area (Å²) in [6, 6.07) is 0. The van der Waals surface area contributed by atoms with Crippen molar-refractivity contribution in [1.82, 2.24) is 0 Å². The lowest BCUT2D eigenvalue weighted by Gasteiger charge is -2.17. The molecule has 1 rings (SSSR count). The van der Waals surface area contributed by atoms with Crippen LogP contribution in [-0.2, 0) is 4.74 Å². The number of rotatable bonds is 0. The summed E-state index contributed by atoms with van der Waals surface area (Å²) in [6.45, 7) is 0.677. The third-order valence-electron chi connectivity index (χ3n) is 0.558. The average molecular weight is 184 g/mol. The van der Waals surface area contributed by atoms with Crippen LogP contribution in [-0.4, -0.2) is 12.8 Å². The SMILES string of the molecule is C1=COCC=[NH+]1.[O-][Cl+3]([O-])([O-])[O-]. The second-order valence-corrected chi connectivity index (χ2v) is 2.14. The van der Waals surface area contributed by atoms with Crippen molar-refractivity contribution in [2.45, 2.75) is 0 Å². The molecule has 0 unspecified atom stereocenters. The predicted molar refractivity (Wildman–Crippen MR) is 22.1 cm³/mol. The molecule has 1 aliphatic heterocycles. The molecule has 0 aliphatic carbocycles. The second kappa shape index (κ2) is 5.05. The van der Waals surface area contributed by atoms with E-state index in [1.54, 1.807) is 12.5 Å². The van der Waals surface area contributed by atoms with Crippen LogP contribution in [0, 0.1) is 10.2 Å². The Labute approximate surface area is 64.8 Å². The zero-order valence-electron chi connectivity index (χ0n) is 5.36. The topological polar surface area (TPSA) is 115 Å². The largest absolute Gasteiger partial charge is 0.485 e. The molecule has 0 saturated heterocycles. The fourth-order valence-corrected chi connectivity index (χ4v) is 0.307. The Hall–Kier alpha value is -0.660. The van der Waals surface area contributed by atoms with Gasteiger partial charge in [0.2, 0.25) is 6.20 Å². The molecule has 11 heavy (non-hydrogen) atoms. The van der Waals surface area contributed by atoms with E-state index >= 15 is 0 Å². The molecule has 64 valence electrons. The highest BCUT2D eigenvalue weighted by Crippen LogP contribution is 1.68. The number of ether oxygens (including phenoxy) is 1. The van der Waals surface area contributed by atoms with Crippen molar-refractivity contribution in [3.63, 3.8) is 0 Å². The van der Waals surface area contributed by atoms with Gasteiger partial charge in [0.25, 0.3) is 0 Å². The third kappa shape index (κ3) is 17.6. The summed E-state index contributed by atoms with van der Waals surface area (Å²) in [7, 11) is -4.94. The maximum atomic E-state index is 8.49. The quantitative estimate of drug-likeness (QED) is 0.401. The van der Waals surface area contributed by atoms with Crippen molar-refractivity contribution in [1.29, 1.82) is 0 Å². The molecule has 0 amide bonds. The van der Waals surface area contributed by atoms with Crippen LogP contribution in [0.1, 0.15) is 0 Å². The Morgan fingerprint density at radius 2 is 1.82 bits per heavy atom. The highest BCUT2D eigenvalue weighted by atomic mass is 35.7. The number of nitrogens with one attached hydrogen (secondary N) is 1. The molecule has 0 spiro atoms. The van der Waals surface area contributed by atoms with Gasteiger partial charge in [-0.25, -0.2) is 23.6 Å². The normalized spacial score (nSPS) is 14.9. The van der Waals surface area contributed by atoms with E-state index in [0.717, 1.165) is 0 Å². The Bertz CT molecular complexity index is 133. The molecule has 0 bridgehead atoms. The van der Waals surface area contributed by atoms with Gasteiger partial charge < -0.3 is 4.74 Å². The summed E-state index contributed by atoms with van der Waals surface area (Å²) >= 11 is 0. The first-order valence-corrected chi connectivity index (χ1v) is 3.69. The summed E-state index contributed by atoms with van der Waals surface area (Å²) in [5.74, 6) is 0. The van der Waals surface area contributed by atoms with Gasteiger partial charge in [-0.2, -0.15) is 0 Å². The van der Waals surface area contributed by atoms with Gasteiger partial charge in [-0.05, 0) is 0 Å². The molecule has 7 heteroatoms. The molecule has 0 aromatic rings. The molecule has 0 aromatic heterocycles. The van der Waals surface area contributed by atoms with Crippen LogP contribution in [0.25, 0.3) is 0 Å². The van der Waals surface area contributed by atoms with Crippen LogP contribution < -0.4 is 23.6 Å². The monoisotopic (exact) mass is 183 g/mol. The Morgan fingerprint density at radius 1 is 1.27 bits per heavy atom. The van der Waals surface area contributed by atoms with Gasteiger partial charge in [-0.3, -0.25) is 0 Å². The molecule has 1 aliphatic rings.